The molecule has 0 bridgehead atoms. The Morgan fingerprint density at radius 2 is 2.33 bits per heavy atom. The average molecular weight is 364 g/mol. The molecule has 3 rings (SSSR count). The number of nitrogens with zero attached hydrogens (tertiary/aromatic N) is 2. The van der Waals surface area contributed by atoms with Crippen LogP contribution in [0.4, 0.5) is 0 Å². The molecule has 6 heteroatoms. The van der Waals surface area contributed by atoms with Crippen molar-refractivity contribution >= 4 is 44.1 Å². The minimum atomic E-state index is 0.0326. The van der Waals surface area contributed by atoms with Gasteiger partial charge in [-0.1, -0.05) is 12.1 Å². The van der Waals surface area contributed by atoms with Crippen LogP contribution in [0.3, 0.4) is 0 Å². The Morgan fingerprint density at radius 3 is 3.10 bits per heavy atom. The van der Waals surface area contributed by atoms with Crippen LogP contribution in [0.2, 0.25) is 0 Å². The summed E-state index contributed by atoms with van der Waals surface area (Å²) in [5.41, 5.74) is 2.16. The number of amides is 1. The fraction of sp³-hybridized carbons (Fsp3) is 0.200. The van der Waals surface area contributed by atoms with E-state index in [4.69, 9.17) is 0 Å². The standard InChI is InChI=1S/C15H14BrN3OS/c1-19-14-4-2-3-10(13(14)8-18-19)7-17-15(20)6-12-5-11(16)9-21-12/h2-5,8-9H,6-7H2,1H3,(H,17,20). The van der Waals surface area contributed by atoms with E-state index in [-0.39, 0.29) is 5.91 Å². The molecule has 0 fully saturated rings. The average Bonchev–Trinajstić information content (AvgIpc) is 3.04. The third kappa shape index (κ3) is 3.16. The summed E-state index contributed by atoms with van der Waals surface area (Å²) in [6, 6.07) is 8.01. The lowest BCUT2D eigenvalue weighted by Crippen LogP contribution is -2.24. The first kappa shape index (κ1) is 14.3. The van der Waals surface area contributed by atoms with Crippen LogP contribution in [0.5, 0.6) is 0 Å². The molecule has 0 spiro atoms. The fourth-order valence-corrected chi connectivity index (χ4v) is 3.70. The van der Waals surface area contributed by atoms with Gasteiger partial charge in [0.25, 0.3) is 0 Å². The number of hydrogen-bond acceptors (Lipinski definition) is 3. The topological polar surface area (TPSA) is 46.9 Å². The highest BCUT2D eigenvalue weighted by atomic mass is 79.9. The van der Waals surface area contributed by atoms with E-state index >= 15 is 0 Å². The summed E-state index contributed by atoms with van der Waals surface area (Å²) in [7, 11) is 1.92. The van der Waals surface area contributed by atoms with Crippen molar-refractivity contribution in [1.29, 1.82) is 0 Å². The largest absolute Gasteiger partial charge is 0.352 e. The van der Waals surface area contributed by atoms with Crippen molar-refractivity contribution in [2.75, 3.05) is 0 Å². The SMILES string of the molecule is Cn1ncc2c(CNC(=O)Cc3cc(Br)cs3)cccc21. The number of carbonyl (C=O) groups is 1. The van der Waals surface area contributed by atoms with Gasteiger partial charge in [-0.2, -0.15) is 5.10 Å². The van der Waals surface area contributed by atoms with Crippen LogP contribution in [-0.4, -0.2) is 15.7 Å². The second-order valence-electron chi connectivity index (χ2n) is 4.80. The smallest absolute Gasteiger partial charge is 0.225 e. The van der Waals surface area contributed by atoms with Gasteiger partial charge in [-0.15, -0.1) is 11.3 Å². The molecular formula is C15H14BrN3OS. The van der Waals surface area contributed by atoms with E-state index in [1.165, 1.54) is 0 Å². The second-order valence-corrected chi connectivity index (χ2v) is 6.71. The van der Waals surface area contributed by atoms with E-state index in [0.29, 0.717) is 13.0 Å². The van der Waals surface area contributed by atoms with Crippen molar-refractivity contribution in [3.63, 3.8) is 0 Å². The molecule has 3 aromatic rings. The fourth-order valence-electron chi connectivity index (χ4n) is 2.25. The summed E-state index contributed by atoms with van der Waals surface area (Å²) < 4.78 is 2.86. The molecule has 0 unspecified atom stereocenters. The Labute approximate surface area is 134 Å². The molecule has 1 aromatic carbocycles. The van der Waals surface area contributed by atoms with Crippen molar-refractivity contribution in [3.8, 4) is 0 Å². The molecule has 0 radical (unpaired) electrons. The van der Waals surface area contributed by atoms with E-state index in [9.17, 15) is 4.79 Å². The number of rotatable bonds is 4. The van der Waals surface area contributed by atoms with Crippen LogP contribution >= 0.6 is 27.3 Å². The van der Waals surface area contributed by atoms with Gasteiger partial charge in [-0.25, -0.2) is 0 Å². The zero-order valence-electron chi connectivity index (χ0n) is 11.5. The first-order chi connectivity index (χ1) is 10.1. The zero-order valence-corrected chi connectivity index (χ0v) is 13.9. The molecule has 0 aliphatic heterocycles. The number of carbonyl (C=O) groups excluding carboxylic acids is 1. The molecule has 0 aliphatic carbocycles. The van der Waals surface area contributed by atoms with E-state index < -0.39 is 0 Å². The summed E-state index contributed by atoms with van der Waals surface area (Å²) in [5, 5.41) is 10.3. The molecule has 2 aromatic heterocycles. The highest BCUT2D eigenvalue weighted by Crippen LogP contribution is 2.20. The Kier molecular flexibility index (Phi) is 4.07. The van der Waals surface area contributed by atoms with E-state index in [0.717, 1.165) is 25.8 Å². The van der Waals surface area contributed by atoms with Crippen molar-refractivity contribution in [3.05, 3.63) is 50.8 Å². The lowest BCUT2D eigenvalue weighted by molar-refractivity contribution is -0.120. The monoisotopic (exact) mass is 363 g/mol. The Morgan fingerprint density at radius 1 is 1.48 bits per heavy atom. The van der Waals surface area contributed by atoms with Gasteiger partial charge in [0.2, 0.25) is 5.91 Å². The predicted octanol–water partition coefficient (Wildman–Crippen LogP) is 3.26. The normalized spacial score (nSPS) is 11.0. The lowest BCUT2D eigenvalue weighted by atomic mass is 10.1. The van der Waals surface area contributed by atoms with Crippen molar-refractivity contribution < 1.29 is 4.79 Å². The van der Waals surface area contributed by atoms with Gasteiger partial charge >= 0.3 is 0 Å². The molecule has 0 saturated heterocycles. The van der Waals surface area contributed by atoms with Crippen molar-refractivity contribution in [2.45, 2.75) is 13.0 Å². The first-order valence-corrected chi connectivity index (χ1v) is 8.20. The number of thiophene rings is 1. The van der Waals surface area contributed by atoms with E-state index in [1.807, 2.05) is 47.6 Å². The molecule has 0 atom stereocenters. The Hall–Kier alpha value is -1.66. The maximum atomic E-state index is 12.0. The predicted molar refractivity (Wildman–Crippen MR) is 88.3 cm³/mol. The quantitative estimate of drug-likeness (QED) is 0.773. The highest BCUT2D eigenvalue weighted by Gasteiger charge is 2.08. The Balaban J connectivity index is 1.67. The maximum Gasteiger partial charge on any atom is 0.225 e. The molecule has 0 aliphatic rings. The molecule has 1 N–H and O–H groups in total. The number of aromatic nitrogens is 2. The maximum absolute atomic E-state index is 12.0. The minimum absolute atomic E-state index is 0.0326. The van der Waals surface area contributed by atoms with Crippen LogP contribution in [0.15, 0.2) is 40.3 Å². The number of benzene rings is 1. The number of nitrogens with one attached hydrogen (secondary N) is 1. The van der Waals surface area contributed by atoms with Crippen LogP contribution in [0.25, 0.3) is 10.9 Å². The number of halogens is 1. The first-order valence-electron chi connectivity index (χ1n) is 6.52. The molecule has 108 valence electrons. The third-order valence-corrected chi connectivity index (χ3v) is 5.01. The number of fused-ring (bicyclic) bond motifs is 1. The molecule has 0 saturated carbocycles. The minimum Gasteiger partial charge on any atom is -0.352 e. The van der Waals surface area contributed by atoms with Gasteiger partial charge in [0.1, 0.15) is 0 Å². The molecule has 1 amide bonds. The summed E-state index contributed by atoms with van der Waals surface area (Å²) in [6.07, 6.45) is 2.26. The third-order valence-electron chi connectivity index (χ3n) is 3.31. The van der Waals surface area contributed by atoms with Crippen LogP contribution in [0, 0.1) is 0 Å². The second kappa shape index (κ2) is 5.99. The van der Waals surface area contributed by atoms with E-state index in [2.05, 4.69) is 26.3 Å². The van der Waals surface area contributed by atoms with Crippen LogP contribution < -0.4 is 5.32 Å². The van der Waals surface area contributed by atoms with E-state index in [1.54, 1.807) is 11.3 Å². The van der Waals surface area contributed by atoms with Gasteiger partial charge in [0, 0.05) is 33.7 Å². The molecule has 21 heavy (non-hydrogen) atoms. The van der Waals surface area contributed by atoms with Gasteiger partial charge in [0.05, 0.1) is 18.1 Å². The van der Waals surface area contributed by atoms with Gasteiger partial charge in [-0.05, 0) is 33.6 Å². The van der Waals surface area contributed by atoms with Crippen LogP contribution in [-0.2, 0) is 24.8 Å². The highest BCUT2D eigenvalue weighted by molar-refractivity contribution is 9.10. The summed E-state index contributed by atoms with van der Waals surface area (Å²) in [6.45, 7) is 0.522. The summed E-state index contributed by atoms with van der Waals surface area (Å²) in [4.78, 5) is 13.1. The van der Waals surface area contributed by atoms with Crippen LogP contribution in [0.1, 0.15) is 10.4 Å². The lowest BCUT2D eigenvalue weighted by Gasteiger charge is -2.06. The molecule has 2 heterocycles. The molecular weight excluding hydrogens is 350 g/mol. The van der Waals surface area contributed by atoms with Crippen molar-refractivity contribution in [1.82, 2.24) is 15.1 Å². The zero-order chi connectivity index (χ0) is 14.8. The summed E-state index contributed by atoms with van der Waals surface area (Å²) >= 11 is 4.98. The van der Waals surface area contributed by atoms with Gasteiger partial charge < -0.3 is 5.32 Å². The van der Waals surface area contributed by atoms with Gasteiger partial charge in [-0.3, -0.25) is 9.48 Å². The molecule has 4 nitrogen and oxygen atoms in total. The number of aryl methyl sites for hydroxylation is 1. The number of hydrogen-bond donors (Lipinski definition) is 1. The summed E-state index contributed by atoms with van der Waals surface area (Å²) in [5.74, 6) is 0.0326. The Bertz CT molecular complexity index is 793. The van der Waals surface area contributed by atoms with Crippen molar-refractivity contribution in [2.24, 2.45) is 7.05 Å². The van der Waals surface area contributed by atoms with Gasteiger partial charge in [0.15, 0.2) is 0 Å².